The zero-order chi connectivity index (χ0) is 29.5. The van der Waals surface area contributed by atoms with Crippen LogP contribution in [0, 0.1) is 19.3 Å². The topological polar surface area (TPSA) is 107 Å². The maximum atomic E-state index is 12.8. The molecule has 0 aliphatic carbocycles. The number of aromatic nitrogens is 4. The maximum absolute atomic E-state index is 12.8. The molecule has 41 heavy (non-hydrogen) atoms. The number of carboxylic acid groups (broad SMARTS) is 1. The number of piperidine rings is 1. The molecule has 220 valence electrons. The number of carbonyl (C=O) groups is 1. The number of hydrogen-bond donors (Lipinski definition) is 2. The first kappa shape index (κ1) is 29.2. The van der Waals surface area contributed by atoms with E-state index in [-0.39, 0.29) is 5.41 Å². The molecular weight excluding hydrogens is 516 g/mol. The third-order valence-corrected chi connectivity index (χ3v) is 8.41. The van der Waals surface area contributed by atoms with Gasteiger partial charge in [0.15, 0.2) is 6.10 Å². The first-order chi connectivity index (χ1) is 19.3. The van der Waals surface area contributed by atoms with E-state index in [0.29, 0.717) is 11.3 Å². The SMILES string of the molecule is Cc1nc(C)c(C(OC(C)(C)C)C(=O)O)c(N2CCC(C)(C)CC2)c1-c1ccc2c(c1)CCN(Cc1cn[nH]n1)C2. The summed E-state index contributed by atoms with van der Waals surface area (Å²) in [5.41, 5.74) is 8.56. The molecule has 3 aromatic rings. The lowest BCUT2D eigenvalue weighted by atomic mass is 9.81. The number of anilines is 1. The van der Waals surface area contributed by atoms with E-state index in [1.807, 2.05) is 34.6 Å². The Balaban J connectivity index is 1.60. The number of nitrogens with zero attached hydrogens (tertiary/aromatic N) is 5. The highest BCUT2D eigenvalue weighted by Crippen LogP contribution is 2.45. The number of aromatic amines is 1. The summed E-state index contributed by atoms with van der Waals surface area (Å²) in [5, 5.41) is 21.3. The van der Waals surface area contributed by atoms with Gasteiger partial charge >= 0.3 is 5.97 Å². The zero-order valence-corrected chi connectivity index (χ0v) is 25.5. The van der Waals surface area contributed by atoms with Crippen LogP contribution in [0.5, 0.6) is 0 Å². The van der Waals surface area contributed by atoms with Crippen LogP contribution < -0.4 is 4.90 Å². The summed E-state index contributed by atoms with van der Waals surface area (Å²) in [6, 6.07) is 6.70. The van der Waals surface area contributed by atoms with Crippen molar-refractivity contribution in [2.45, 2.75) is 92.5 Å². The highest BCUT2D eigenvalue weighted by molar-refractivity contribution is 5.88. The summed E-state index contributed by atoms with van der Waals surface area (Å²) in [6.07, 6.45) is 3.67. The highest BCUT2D eigenvalue weighted by atomic mass is 16.5. The number of carboxylic acids is 1. The molecule has 0 bridgehead atoms. The summed E-state index contributed by atoms with van der Waals surface area (Å²) in [5.74, 6) is -0.990. The van der Waals surface area contributed by atoms with Gasteiger partial charge in [-0.2, -0.15) is 15.4 Å². The van der Waals surface area contributed by atoms with Crippen LogP contribution >= 0.6 is 0 Å². The average molecular weight is 561 g/mol. The summed E-state index contributed by atoms with van der Waals surface area (Å²) >= 11 is 0. The summed E-state index contributed by atoms with van der Waals surface area (Å²) < 4.78 is 6.23. The second-order valence-corrected chi connectivity index (χ2v) is 13.4. The van der Waals surface area contributed by atoms with Crippen LogP contribution in [-0.4, -0.2) is 61.6 Å². The Labute approximate surface area is 243 Å². The van der Waals surface area contributed by atoms with Gasteiger partial charge in [-0.3, -0.25) is 9.88 Å². The third kappa shape index (κ3) is 6.46. The molecule has 9 nitrogen and oxygen atoms in total. The van der Waals surface area contributed by atoms with Gasteiger partial charge in [-0.25, -0.2) is 4.79 Å². The summed E-state index contributed by atoms with van der Waals surface area (Å²) in [4.78, 5) is 22.5. The van der Waals surface area contributed by atoms with Crippen molar-refractivity contribution < 1.29 is 14.6 Å². The Morgan fingerprint density at radius 3 is 2.49 bits per heavy atom. The number of fused-ring (bicyclic) bond motifs is 1. The summed E-state index contributed by atoms with van der Waals surface area (Å²) in [7, 11) is 0. The van der Waals surface area contributed by atoms with E-state index < -0.39 is 17.7 Å². The first-order valence-corrected chi connectivity index (χ1v) is 14.7. The number of aliphatic carboxylic acids is 1. The second-order valence-electron chi connectivity index (χ2n) is 13.4. The lowest BCUT2D eigenvalue weighted by molar-refractivity contribution is -0.160. The molecule has 1 atom stereocenters. The van der Waals surface area contributed by atoms with Gasteiger partial charge < -0.3 is 14.7 Å². The molecule has 2 N–H and O–H groups in total. The fourth-order valence-corrected chi connectivity index (χ4v) is 6.19. The number of benzene rings is 1. The maximum Gasteiger partial charge on any atom is 0.337 e. The van der Waals surface area contributed by atoms with E-state index in [4.69, 9.17) is 9.72 Å². The number of ether oxygens (including phenoxy) is 1. The smallest absolute Gasteiger partial charge is 0.337 e. The van der Waals surface area contributed by atoms with Crippen molar-refractivity contribution in [1.82, 2.24) is 25.3 Å². The van der Waals surface area contributed by atoms with Crippen LogP contribution in [0.25, 0.3) is 11.1 Å². The summed E-state index contributed by atoms with van der Waals surface area (Å²) in [6.45, 7) is 18.6. The van der Waals surface area contributed by atoms with Crippen LogP contribution in [0.3, 0.4) is 0 Å². The van der Waals surface area contributed by atoms with Crippen molar-refractivity contribution in [1.29, 1.82) is 0 Å². The number of pyridine rings is 1. The van der Waals surface area contributed by atoms with Gasteiger partial charge in [0, 0.05) is 55.2 Å². The van der Waals surface area contributed by atoms with Crippen LogP contribution in [-0.2, 0) is 29.0 Å². The molecule has 1 fully saturated rings. The molecule has 2 aliphatic heterocycles. The molecule has 0 spiro atoms. The van der Waals surface area contributed by atoms with Crippen molar-refractivity contribution in [2.75, 3.05) is 24.5 Å². The molecule has 0 amide bonds. The van der Waals surface area contributed by atoms with Gasteiger partial charge in [-0.1, -0.05) is 32.0 Å². The fourth-order valence-electron chi connectivity index (χ4n) is 6.19. The lowest BCUT2D eigenvalue weighted by Crippen LogP contribution is -2.39. The zero-order valence-electron chi connectivity index (χ0n) is 25.5. The van der Waals surface area contributed by atoms with Crippen molar-refractivity contribution >= 4 is 11.7 Å². The van der Waals surface area contributed by atoms with E-state index in [9.17, 15) is 9.90 Å². The minimum absolute atomic E-state index is 0.256. The van der Waals surface area contributed by atoms with Crippen LogP contribution in [0.1, 0.15) is 87.3 Å². The van der Waals surface area contributed by atoms with E-state index in [1.54, 1.807) is 6.20 Å². The molecule has 0 saturated carbocycles. The predicted molar refractivity (Wildman–Crippen MR) is 160 cm³/mol. The van der Waals surface area contributed by atoms with Gasteiger partial charge in [0.25, 0.3) is 0 Å². The van der Waals surface area contributed by atoms with E-state index in [0.717, 1.165) is 80.2 Å². The van der Waals surface area contributed by atoms with Crippen LogP contribution in [0.15, 0.2) is 24.4 Å². The van der Waals surface area contributed by atoms with Crippen molar-refractivity contribution in [3.8, 4) is 11.1 Å². The van der Waals surface area contributed by atoms with Crippen molar-refractivity contribution in [3.63, 3.8) is 0 Å². The van der Waals surface area contributed by atoms with Crippen LogP contribution in [0.2, 0.25) is 0 Å². The van der Waals surface area contributed by atoms with Gasteiger partial charge in [-0.05, 0) is 76.0 Å². The number of aryl methyl sites for hydroxylation is 2. The normalized spacial score (nSPS) is 18.3. The number of nitrogens with one attached hydrogen (secondary N) is 1. The largest absolute Gasteiger partial charge is 0.479 e. The van der Waals surface area contributed by atoms with Gasteiger partial charge in [-0.15, -0.1) is 0 Å². The Hall–Kier alpha value is -3.30. The van der Waals surface area contributed by atoms with Crippen LogP contribution in [0.4, 0.5) is 5.69 Å². The Bertz CT molecular complexity index is 1400. The molecule has 0 radical (unpaired) electrons. The minimum Gasteiger partial charge on any atom is -0.479 e. The first-order valence-electron chi connectivity index (χ1n) is 14.7. The molecule has 1 unspecified atom stereocenters. The monoisotopic (exact) mass is 560 g/mol. The lowest BCUT2D eigenvalue weighted by Gasteiger charge is -2.41. The second kappa shape index (κ2) is 11.2. The standard InChI is InChI=1S/C32H44N6O3/c1-20-26(23-8-9-24-18-37(13-10-22(24)16-23)19-25-17-33-36-35-25)28(38-14-11-32(6,7)12-15-38)27(21(2)34-20)29(30(39)40)41-31(3,4)5/h8-9,16-17,29H,10-15,18-19H2,1-7H3,(H,39,40)(H,33,35,36). The Morgan fingerprint density at radius 1 is 1.12 bits per heavy atom. The van der Waals surface area contributed by atoms with Gasteiger partial charge in [0.05, 0.1) is 23.2 Å². The highest BCUT2D eigenvalue weighted by Gasteiger charge is 2.36. The molecule has 2 aliphatic rings. The Kier molecular flexibility index (Phi) is 7.96. The molecule has 2 aromatic heterocycles. The predicted octanol–water partition coefficient (Wildman–Crippen LogP) is 5.61. The molecule has 1 saturated heterocycles. The van der Waals surface area contributed by atoms with E-state index in [1.165, 1.54) is 11.1 Å². The number of H-pyrrole nitrogens is 1. The molecule has 4 heterocycles. The number of hydrogen-bond acceptors (Lipinski definition) is 7. The van der Waals surface area contributed by atoms with E-state index >= 15 is 0 Å². The van der Waals surface area contributed by atoms with Crippen molar-refractivity contribution in [2.24, 2.45) is 5.41 Å². The van der Waals surface area contributed by atoms with Crippen molar-refractivity contribution in [3.05, 3.63) is 58.2 Å². The molecule has 1 aromatic carbocycles. The minimum atomic E-state index is -1.12. The van der Waals surface area contributed by atoms with Gasteiger partial charge in [0.1, 0.15) is 0 Å². The fraction of sp³-hybridized carbons (Fsp3) is 0.562. The molecule has 5 rings (SSSR count). The quantitative estimate of drug-likeness (QED) is 0.384. The van der Waals surface area contributed by atoms with E-state index in [2.05, 4.69) is 57.3 Å². The third-order valence-electron chi connectivity index (χ3n) is 8.41. The Morgan fingerprint density at radius 2 is 1.85 bits per heavy atom. The molecule has 9 heteroatoms. The average Bonchev–Trinajstić information content (AvgIpc) is 3.39. The van der Waals surface area contributed by atoms with Gasteiger partial charge in [0.2, 0.25) is 0 Å². The molecular formula is C32H44N6O3. The number of rotatable bonds is 7.